The number of likely N-dealkylation sites (tertiary alicyclic amines) is 1. The number of carboxylic acids is 1. The Labute approximate surface area is 102 Å². The van der Waals surface area contributed by atoms with Crippen molar-refractivity contribution < 1.29 is 14.7 Å². The van der Waals surface area contributed by atoms with E-state index < -0.39 is 11.5 Å². The van der Waals surface area contributed by atoms with Gasteiger partial charge in [0, 0.05) is 12.1 Å². The Morgan fingerprint density at radius 2 is 2.06 bits per heavy atom. The molecule has 1 fully saturated rings. The zero-order chi connectivity index (χ0) is 13.1. The number of carboxylic acid groups (broad SMARTS) is 1. The topological polar surface area (TPSA) is 57.6 Å². The molecule has 1 heterocycles. The van der Waals surface area contributed by atoms with Crippen LogP contribution in [0.3, 0.4) is 0 Å². The van der Waals surface area contributed by atoms with Crippen molar-refractivity contribution in [2.24, 2.45) is 0 Å². The summed E-state index contributed by atoms with van der Waals surface area (Å²) in [5.74, 6) is -1.01. The number of carbonyl (C=O) groups is 2. The van der Waals surface area contributed by atoms with Crippen molar-refractivity contribution in [3.05, 3.63) is 11.6 Å². The molecule has 17 heavy (non-hydrogen) atoms. The third-order valence-corrected chi connectivity index (χ3v) is 3.56. The molecule has 0 aromatic carbocycles. The van der Waals surface area contributed by atoms with Crippen molar-refractivity contribution in [1.82, 2.24) is 4.90 Å². The van der Waals surface area contributed by atoms with Crippen LogP contribution in [0.5, 0.6) is 0 Å². The standard InChI is InChI=1S/C13H21NO3/c1-4-7-10(3)11(15)14-9-6-8-13(14,5-2)12(16)17/h7H,4-6,8-9H2,1-3H3,(H,16,17)/b10-7-. The van der Waals surface area contributed by atoms with Gasteiger partial charge in [-0.1, -0.05) is 19.9 Å². The Bertz CT molecular complexity index is 349. The molecule has 0 radical (unpaired) electrons. The predicted octanol–water partition coefficient (Wildman–Crippen LogP) is 2.20. The van der Waals surface area contributed by atoms with Gasteiger partial charge in [-0.15, -0.1) is 0 Å². The minimum absolute atomic E-state index is 0.131. The highest BCUT2D eigenvalue weighted by Crippen LogP contribution is 2.33. The fourth-order valence-corrected chi connectivity index (χ4v) is 2.52. The summed E-state index contributed by atoms with van der Waals surface area (Å²) in [5.41, 5.74) is -0.339. The highest BCUT2D eigenvalue weighted by atomic mass is 16.4. The zero-order valence-electron chi connectivity index (χ0n) is 10.8. The third kappa shape index (κ3) is 2.35. The second kappa shape index (κ2) is 5.34. The Morgan fingerprint density at radius 1 is 1.41 bits per heavy atom. The number of rotatable bonds is 4. The molecule has 96 valence electrons. The van der Waals surface area contributed by atoms with Crippen LogP contribution >= 0.6 is 0 Å². The van der Waals surface area contributed by atoms with Gasteiger partial charge in [0.1, 0.15) is 5.54 Å². The van der Waals surface area contributed by atoms with E-state index in [2.05, 4.69) is 0 Å². The van der Waals surface area contributed by atoms with Crippen molar-refractivity contribution in [3.8, 4) is 0 Å². The molecule has 1 N–H and O–H groups in total. The van der Waals surface area contributed by atoms with Crippen LogP contribution in [0, 0.1) is 0 Å². The highest BCUT2D eigenvalue weighted by Gasteiger charge is 2.48. The van der Waals surface area contributed by atoms with Crippen molar-refractivity contribution in [3.63, 3.8) is 0 Å². The lowest BCUT2D eigenvalue weighted by Gasteiger charge is -2.34. The largest absolute Gasteiger partial charge is 0.479 e. The SMILES string of the molecule is CC/C=C(/C)C(=O)N1CCCC1(CC)C(=O)O. The highest BCUT2D eigenvalue weighted by molar-refractivity contribution is 5.97. The van der Waals surface area contributed by atoms with Gasteiger partial charge in [-0.05, 0) is 32.6 Å². The summed E-state index contributed by atoms with van der Waals surface area (Å²) in [4.78, 5) is 25.2. The molecule has 0 saturated carbocycles. The molecular formula is C13H21NO3. The number of amides is 1. The van der Waals surface area contributed by atoms with Crippen LogP contribution in [0.25, 0.3) is 0 Å². The van der Waals surface area contributed by atoms with Crippen molar-refractivity contribution in [2.75, 3.05) is 6.54 Å². The van der Waals surface area contributed by atoms with Crippen LogP contribution in [0.4, 0.5) is 0 Å². The minimum atomic E-state index is -0.986. The van der Waals surface area contributed by atoms with E-state index in [-0.39, 0.29) is 5.91 Å². The summed E-state index contributed by atoms with van der Waals surface area (Å²) < 4.78 is 0. The quantitative estimate of drug-likeness (QED) is 0.765. The van der Waals surface area contributed by atoms with Crippen LogP contribution in [0.15, 0.2) is 11.6 Å². The number of nitrogens with zero attached hydrogens (tertiary/aromatic N) is 1. The maximum atomic E-state index is 12.2. The van der Waals surface area contributed by atoms with Gasteiger partial charge in [0.2, 0.25) is 5.91 Å². The van der Waals surface area contributed by atoms with Gasteiger partial charge in [0.25, 0.3) is 0 Å². The van der Waals surface area contributed by atoms with Gasteiger partial charge in [0.15, 0.2) is 0 Å². The van der Waals surface area contributed by atoms with E-state index in [0.29, 0.717) is 25.0 Å². The first-order chi connectivity index (χ1) is 7.99. The van der Waals surface area contributed by atoms with Crippen LogP contribution in [-0.2, 0) is 9.59 Å². The van der Waals surface area contributed by atoms with Gasteiger partial charge >= 0.3 is 5.97 Å². The van der Waals surface area contributed by atoms with Crippen LogP contribution in [0.1, 0.15) is 46.5 Å². The second-order valence-electron chi connectivity index (χ2n) is 4.55. The average molecular weight is 239 g/mol. The molecule has 1 aliphatic rings. The Hall–Kier alpha value is -1.32. The Balaban J connectivity index is 3.00. The van der Waals surface area contributed by atoms with Crippen molar-refractivity contribution in [2.45, 2.75) is 52.0 Å². The van der Waals surface area contributed by atoms with Crippen LogP contribution in [-0.4, -0.2) is 34.0 Å². The first-order valence-corrected chi connectivity index (χ1v) is 6.21. The van der Waals surface area contributed by atoms with Gasteiger partial charge < -0.3 is 10.0 Å². The van der Waals surface area contributed by atoms with E-state index in [9.17, 15) is 14.7 Å². The molecule has 0 aromatic heterocycles. The maximum Gasteiger partial charge on any atom is 0.329 e. The zero-order valence-corrected chi connectivity index (χ0v) is 10.8. The number of hydrogen-bond donors (Lipinski definition) is 1. The molecule has 4 nitrogen and oxygen atoms in total. The molecule has 1 amide bonds. The second-order valence-corrected chi connectivity index (χ2v) is 4.55. The summed E-state index contributed by atoms with van der Waals surface area (Å²) in [5, 5.41) is 9.38. The van der Waals surface area contributed by atoms with E-state index in [1.165, 1.54) is 4.90 Å². The summed E-state index contributed by atoms with van der Waals surface area (Å²) in [6.07, 6.45) is 4.43. The number of carbonyl (C=O) groups excluding carboxylic acids is 1. The molecular weight excluding hydrogens is 218 g/mol. The smallest absolute Gasteiger partial charge is 0.329 e. The molecule has 0 spiro atoms. The lowest BCUT2D eigenvalue weighted by molar-refractivity contribution is -0.155. The maximum absolute atomic E-state index is 12.2. The summed E-state index contributed by atoms with van der Waals surface area (Å²) >= 11 is 0. The van der Waals surface area contributed by atoms with E-state index >= 15 is 0 Å². The molecule has 0 aliphatic carbocycles. The fourth-order valence-electron chi connectivity index (χ4n) is 2.52. The van der Waals surface area contributed by atoms with Crippen LogP contribution < -0.4 is 0 Å². The van der Waals surface area contributed by atoms with Crippen LogP contribution in [0.2, 0.25) is 0 Å². The molecule has 1 atom stereocenters. The normalized spacial score (nSPS) is 25.1. The predicted molar refractivity (Wildman–Crippen MR) is 65.7 cm³/mol. The molecule has 0 aromatic rings. The number of hydrogen-bond acceptors (Lipinski definition) is 2. The fraction of sp³-hybridized carbons (Fsp3) is 0.692. The molecule has 4 heteroatoms. The van der Waals surface area contributed by atoms with Gasteiger partial charge in [-0.25, -0.2) is 4.79 Å². The summed E-state index contributed by atoms with van der Waals surface area (Å²) in [7, 11) is 0. The molecule has 1 aliphatic heterocycles. The first kappa shape index (κ1) is 13.7. The lowest BCUT2D eigenvalue weighted by atomic mass is 9.92. The Morgan fingerprint density at radius 3 is 2.53 bits per heavy atom. The van der Waals surface area contributed by atoms with E-state index in [0.717, 1.165) is 12.8 Å². The Kier molecular flexibility index (Phi) is 4.32. The molecule has 0 bridgehead atoms. The summed E-state index contributed by atoms with van der Waals surface area (Å²) in [6, 6.07) is 0. The number of allylic oxidation sites excluding steroid dienone is 1. The molecule has 1 saturated heterocycles. The van der Waals surface area contributed by atoms with Crippen molar-refractivity contribution in [1.29, 1.82) is 0 Å². The molecule has 1 rings (SSSR count). The molecule has 1 unspecified atom stereocenters. The van der Waals surface area contributed by atoms with Gasteiger partial charge in [-0.3, -0.25) is 4.79 Å². The minimum Gasteiger partial charge on any atom is -0.479 e. The third-order valence-electron chi connectivity index (χ3n) is 3.56. The van der Waals surface area contributed by atoms with E-state index in [4.69, 9.17) is 0 Å². The van der Waals surface area contributed by atoms with Gasteiger partial charge in [-0.2, -0.15) is 0 Å². The average Bonchev–Trinajstić information content (AvgIpc) is 2.73. The van der Waals surface area contributed by atoms with E-state index in [1.807, 2.05) is 19.9 Å². The lowest BCUT2D eigenvalue weighted by Crippen LogP contribution is -2.52. The summed E-state index contributed by atoms with van der Waals surface area (Å²) in [6.45, 7) is 6.10. The first-order valence-electron chi connectivity index (χ1n) is 6.21. The monoisotopic (exact) mass is 239 g/mol. The van der Waals surface area contributed by atoms with Gasteiger partial charge in [0.05, 0.1) is 0 Å². The van der Waals surface area contributed by atoms with E-state index in [1.54, 1.807) is 6.92 Å². The number of aliphatic carboxylic acids is 1. The van der Waals surface area contributed by atoms with Crippen molar-refractivity contribution >= 4 is 11.9 Å².